The quantitative estimate of drug-likeness (QED) is 0.770. The number of rotatable bonds is 7. The first-order chi connectivity index (χ1) is 10.7. The summed E-state index contributed by atoms with van der Waals surface area (Å²) in [5.41, 5.74) is 2.08. The molecule has 6 heteroatoms. The number of halogens is 1. The van der Waals surface area contributed by atoms with Gasteiger partial charge in [0.25, 0.3) is 5.91 Å². The fraction of sp³-hybridized carbons (Fsp3) is 0.250. The van der Waals surface area contributed by atoms with E-state index in [9.17, 15) is 4.79 Å². The number of nitrogens with one attached hydrogen (secondary N) is 2. The number of pyridine rings is 1. The molecule has 22 heavy (non-hydrogen) atoms. The second kappa shape index (κ2) is 8.36. The third kappa shape index (κ3) is 4.72. The van der Waals surface area contributed by atoms with Crippen molar-refractivity contribution in [2.75, 3.05) is 25.6 Å². The molecule has 2 N–H and O–H groups in total. The first kappa shape index (κ1) is 16.3. The Bertz CT molecular complexity index is 617. The van der Waals surface area contributed by atoms with Crippen LogP contribution in [-0.2, 0) is 11.3 Å². The molecule has 5 nitrogen and oxygen atoms in total. The predicted octanol–water partition coefficient (Wildman–Crippen LogP) is 2.72. The van der Waals surface area contributed by atoms with E-state index in [0.717, 1.165) is 11.3 Å². The van der Waals surface area contributed by atoms with E-state index in [1.54, 1.807) is 25.4 Å². The van der Waals surface area contributed by atoms with Gasteiger partial charge in [0.2, 0.25) is 0 Å². The van der Waals surface area contributed by atoms with Gasteiger partial charge in [0.1, 0.15) is 5.69 Å². The monoisotopic (exact) mass is 319 g/mol. The van der Waals surface area contributed by atoms with Gasteiger partial charge in [-0.25, -0.2) is 4.98 Å². The van der Waals surface area contributed by atoms with Gasteiger partial charge in [-0.2, -0.15) is 0 Å². The van der Waals surface area contributed by atoms with E-state index in [0.29, 0.717) is 30.4 Å². The molecular formula is C16H18ClN3O2. The molecule has 0 aliphatic carbocycles. The summed E-state index contributed by atoms with van der Waals surface area (Å²) in [6.07, 6.45) is 1.63. The SMILES string of the molecule is COCCNc1ccc(C(=O)NCc2ccccc2Cl)nc1. The van der Waals surface area contributed by atoms with E-state index >= 15 is 0 Å². The predicted molar refractivity (Wildman–Crippen MR) is 87.2 cm³/mol. The molecule has 0 aliphatic heterocycles. The summed E-state index contributed by atoms with van der Waals surface area (Å²) in [5, 5.41) is 6.57. The van der Waals surface area contributed by atoms with Crippen LogP contribution in [0.1, 0.15) is 16.1 Å². The van der Waals surface area contributed by atoms with Crippen LogP contribution in [0.25, 0.3) is 0 Å². The molecule has 0 atom stereocenters. The minimum absolute atomic E-state index is 0.233. The Kier molecular flexibility index (Phi) is 6.18. The maximum atomic E-state index is 12.0. The maximum absolute atomic E-state index is 12.0. The number of methoxy groups -OCH3 is 1. The number of carbonyl (C=O) groups is 1. The molecule has 1 heterocycles. The molecule has 0 spiro atoms. The fourth-order valence-electron chi connectivity index (χ4n) is 1.84. The number of nitrogens with zero attached hydrogens (tertiary/aromatic N) is 1. The topological polar surface area (TPSA) is 63.2 Å². The number of carbonyl (C=O) groups excluding carboxylic acids is 1. The number of hydrogen-bond donors (Lipinski definition) is 2. The zero-order chi connectivity index (χ0) is 15.8. The van der Waals surface area contributed by atoms with Crippen LogP contribution < -0.4 is 10.6 Å². The molecule has 1 aromatic carbocycles. The van der Waals surface area contributed by atoms with Gasteiger partial charge in [-0.1, -0.05) is 29.8 Å². The van der Waals surface area contributed by atoms with Gasteiger partial charge in [-0.05, 0) is 23.8 Å². The summed E-state index contributed by atoms with van der Waals surface area (Å²) < 4.78 is 4.95. The van der Waals surface area contributed by atoms with Crippen molar-refractivity contribution in [2.24, 2.45) is 0 Å². The van der Waals surface area contributed by atoms with Crippen molar-refractivity contribution >= 4 is 23.2 Å². The highest BCUT2D eigenvalue weighted by atomic mass is 35.5. The van der Waals surface area contributed by atoms with Gasteiger partial charge in [-0.15, -0.1) is 0 Å². The van der Waals surface area contributed by atoms with Gasteiger partial charge < -0.3 is 15.4 Å². The third-order valence-corrected chi connectivity index (χ3v) is 3.40. The van der Waals surface area contributed by atoms with Crippen LogP contribution in [0.4, 0.5) is 5.69 Å². The smallest absolute Gasteiger partial charge is 0.270 e. The van der Waals surface area contributed by atoms with E-state index in [1.807, 2.05) is 24.3 Å². The average Bonchev–Trinajstić information content (AvgIpc) is 2.55. The normalized spacial score (nSPS) is 10.3. The Morgan fingerprint density at radius 1 is 1.27 bits per heavy atom. The molecule has 0 fully saturated rings. The van der Waals surface area contributed by atoms with Crippen molar-refractivity contribution < 1.29 is 9.53 Å². The Morgan fingerprint density at radius 2 is 2.09 bits per heavy atom. The molecule has 0 aliphatic rings. The van der Waals surface area contributed by atoms with Crippen molar-refractivity contribution in [3.63, 3.8) is 0 Å². The summed E-state index contributed by atoms with van der Waals surface area (Å²) >= 11 is 6.05. The number of anilines is 1. The highest BCUT2D eigenvalue weighted by molar-refractivity contribution is 6.31. The first-order valence-corrected chi connectivity index (χ1v) is 7.29. The lowest BCUT2D eigenvalue weighted by Gasteiger charge is -2.08. The van der Waals surface area contributed by atoms with Crippen molar-refractivity contribution in [3.8, 4) is 0 Å². The fourth-order valence-corrected chi connectivity index (χ4v) is 2.04. The number of amides is 1. The number of benzene rings is 1. The van der Waals surface area contributed by atoms with Crippen LogP contribution in [-0.4, -0.2) is 31.2 Å². The molecule has 0 saturated heterocycles. The van der Waals surface area contributed by atoms with Crippen LogP contribution in [0.5, 0.6) is 0 Å². The third-order valence-electron chi connectivity index (χ3n) is 3.03. The van der Waals surface area contributed by atoms with E-state index in [2.05, 4.69) is 15.6 Å². The summed E-state index contributed by atoms with van der Waals surface area (Å²) in [7, 11) is 1.65. The molecule has 0 saturated carbocycles. The molecule has 1 amide bonds. The van der Waals surface area contributed by atoms with Gasteiger partial charge >= 0.3 is 0 Å². The molecule has 116 valence electrons. The van der Waals surface area contributed by atoms with E-state index in [4.69, 9.17) is 16.3 Å². The standard InChI is InChI=1S/C16H18ClN3O2/c1-22-9-8-18-13-6-7-15(19-11-13)16(21)20-10-12-4-2-3-5-14(12)17/h2-7,11,18H,8-10H2,1H3,(H,20,21). The second-order valence-corrected chi connectivity index (χ2v) is 5.03. The van der Waals surface area contributed by atoms with Gasteiger partial charge in [0.05, 0.1) is 18.5 Å². The van der Waals surface area contributed by atoms with Crippen LogP contribution in [0.2, 0.25) is 5.02 Å². The highest BCUT2D eigenvalue weighted by Crippen LogP contribution is 2.14. The van der Waals surface area contributed by atoms with E-state index in [1.165, 1.54) is 0 Å². The summed E-state index contributed by atoms with van der Waals surface area (Å²) in [6.45, 7) is 1.67. The first-order valence-electron chi connectivity index (χ1n) is 6.91. The van der Waals surface area contributed by atoms with Gasteiger partial charge in [0, 0.05) is 25.2 Å². The molecule has 0 bridgehead atoms. The van der Waals surface area contributed by atoms with Gasteiger partial charge in [0.15, 0.2) is 0 Å². The molecule has 2 aromatic rings. The summed E-state index contributed by atoms with van der Waals surface area (Å²) in [4.78, 5) is 16.2. The molecule has 0 unspecified atom stereocenters. The number of aromatic nitrogens is 1. The maximum Gasteiger partial charge on any atom is 0.270 e. The summed E-state index contributed by atoms with van der Waals surface area (Å²) in [6, 6.07) is 10.9. The lowest BCUT2D eigenvalue weighted by atomic mass is 10.2. The minimum Gasteiger partial charge on any atom is -0.383 e. The van der Waals surface area contributed by atoms with Gasteiger partial charge in [-0.3, -0.25) is 4.79 Å². The van der Waals surface area contributed by atoms with E-state index < -0.39 is 0 Å². The van der Waals surface area contributed by atoms with Crippen molar-refractivity contribution in [3.05, 3.63) is 58.9 Å². The van der Waals surface area contributed by atoms with Crippen molar-refractivity contribution in [1.29, 1.82) is 0 Å². The zero-order valence-corrected chi connectivity index (χ0v) is 13.1. The lowest BCUT2D eigenvalue weighted by Crippen LogP contribution is -2.24. The highest BCUT2D eigenvalue weighted by Gasteiger charge is 2.07. The van der Waals surface area contributed by atoms with Crippen LogP contribution in [0.15, 0.2) is 42.6 Å². The Morgan fingerprint density at radius 3 is 2.77 bits per heavy atom. The van der Waals surface area contributed by atoms with Crippen LogP contribution in [0, 0.1) is 0 Å². The number of ether oxygens (including phenoxy) is 1. The summed E-state index contributed by atoms with van der Waals surface area (Å²) in [5.74, 6) is -0.233. The van der Waals surface area contributed by atoms with Crippen molar-refractivity contribution in [2.45, 2.75) is 6.54 Å². The molecule has 2 rings (SSSR count). The largest absolute Gasteiger partial charge is 0.383 e. The Labute approximate surface area is 134 Å². The van der Waals surface area contributed by atoms with Crippen LogP contribution in [0.3, 0.4) is 0 Å². The average molecular weight is 320 g/mol. The van der Waals surface area contributed by atoms with E-state index in [-0.39, 0.29) is 5.91 Å². The zero-order valence-electron chi connectivity index (χ0n) is 12.3. The lowest BCUT2D eigenvalue weighted by molar-refractivity contribution is 0.0946. The second-order valence-electron chi connectivity index (χ2n) is 4.63. The Hall–Kier alpha value is -2.11. The van der Waals surface area contributed by atoms with Crippen molar-refractivity contribution in [1.82, 2.24) is 10.3 Å². The Balaban J connectivity index is 1.88. The minimum atomic E-state index is -0.233. The number of hydrogen-bond acceptors (Lipinski definition) is 4. The molecule has 0 radical (unpaired) electrons. The van der Waals surface area contributed by atoms with Crippen LogP contribution >= 0.6 is 11.6 Å². The molecular weight excluding hydrogens is 302 g/mol. The molecule has 1 aromatic heterocycles.